The summed E-state index contributed by atoms with van der Waals surface area (Å²) in [4.78, 5) is 19.5. The molecular formula is C16H15N3O2S. The number of aromatic hydroxyl groups is 1. The minimum atomic E-state index is -0.0377. The van der Waals surface area contributed by atoms with Crippen LogP contribution in [0.3, 0.4) is 0 Å². The summed E-state index contributed by atoms with van der Waals surface area (Å²) < 4.78 is 3.15. The van der Waals surface area contributed by atoms with Gasteiger partial charge in [0.25, 0.3) is 0 Å². The summed E-state index contributed by atoms with van der Waals surface area (Å²) in [5, 5.41) is 10.3. The summed E-state index contributed by atoms with van der Waals surface area (Å²) in [5.74, 6) is -0.0377. The highest BCUT2D eigenvalue weighted by Gasteiger charge is 2.07. The quantitative estimate of drug-likeness (QED) is 0.369. The Hall–Kier alpha value is -2.60. The van der Waals surface area contributed by atoms with Gasteiger partial charge in [-0.05, 0) is 43.2 Å². The number of carbonyl (C=O) groups is 1. The van der Waals surface area contributed by atoms with Crippen molar-refractivity contribution in [2.45, 2.75) is 11.8 Å². The van der Waals surface area contributed by atoms with E-state index in [-0.39, 0.29) is 5.88 Å². The number of allylic oxidation sites excluding steroid dienone is 5. The van der Waals surface area contributed by atoms with E-state index in [0.717, 1.165) is 16.9 Å². The number of hydrogen-bond donors (Lipinski definition) is 2. The molecule has 6 heteroatoms. The number of nitrogens with one attached hydrogen (secondary N) is 1. The molecule has 2 N–H and O–H groups in total. The Kier molecular flexibility index (Phi) is 5.32. The highest BCUT2D eigenvalue weighted by atomic mass is 32.2. The second-order valence-electron chi connectivity index (χ2n) is 4.39. The molecule has 0 aliphatic heterocycles. The molecule has 0 atom stereocenters. The van der Waals surface area contributed by atoms with E-state index < -0.39 is 0 Å². The molecule has 1 heterocycles. The van der Waals surface area contributed by atoms with Crippen molar-refractivity contribution < 1.29 is 9.90 Å². The lowest BCUT2D eigenvalue weighted by molar-refractivity contribution is -0.104. The molecule has 0 saturated carbocycles. The van der Waals surface area contributed by atoms with Crippen LogP contribution in [0.1, 0.15) is 6.92 Å². The molecule has 0 unspecified atom stereocenters. The molecule has 0 spiro atoms. The molecule has 1 aromatic heterocycles. The Bertz CT molecular complexity index is 759. The van der Waals surface area contributed by atoms with Crippen LogP contribution in [-0.4, -0.2) is 21.4 Å². The fraction of sp³-hybridized carbons (Fsp3) is 0.0625. The zero-order chi connectivity index (χ0) is 15.9. The normalized spacial score (nSPS) is 12.2. The Morgan fingerprint density at radius 3 is 2.91 bits per heavy atom. The van der Waals surface area contributed by atoms with Crippen LogP contribution in [-0.2, 0) is 4.79 Å². The first kappa shape index (κ1) is 15.8. The van der Waals surface area contributed by atoms with Crippen LogP contribution in [0, 0.1) is 0 Å². The molecule has 0 aliphatic carbocycles. The largest absolute Gasteiger partial charge is 0.493 e. The van der Waals surface area contributed by atoms with Gasteiger partial charge in [0.05, 0.1) is 15.8 Å². The van der Waals surface area contributed by atoms with E-state index in [1.54, 1.807) is 18.2 Å². The molecule has 0 bridgehead atoms. The zero-order valence-electron chi connectivity index (χ0n) is 12.0. The number of hydrogen-bond acceptors (Lipinski definition) is 6. The van der Waals surface area contributed by atoms with Gasteiger partial charge in [-0.1, -0.05) is 18.7 Å². The predicted molar refractivity (Wildman–Crippen MR) is 88.3 cm³/mol. The number of aldehydes is 1. The Balaban J connectivity index is 2.17. The fourth-order valence-corrected chi connectivity index (χ4v) is 2.42. The highest BCUT2D eigenvalue weighted by Crippen LogP contribution is 2.28. The molecule has 2 aromatic rings. The fourth-order valence-electron chi connectivity index (χ4n) is 1.68. The minimum absolute atomic E-state index is 0.0377. The van der Waals surface area contributed by atoms with Gasteiger partial charge in [0, 0.05) is 11.3 Å². The lowest BCUT2D eigenvalue weighted by Gasteiger charge is -2.07. The van der Waals surface area contributed by atoms with E-state index in [0.29, 0.717) is 16.5 Å². The maximum atomic E-state index is 10.7. The topological polar surface area (TPSA) is 75.1 Å². The van der Waals surface area contributed by atoms with Crippen LogP contribution < -0.4 is 4.72 Å². The van der Waals surface area contributed by atoms with Gasteiger partial charge in [0.1, 0.15) is 12.6 Å². The maximum absolute atomic E-state index is 10.7. The van der Waals surface area contributed by atoms with Gasteiger partial charge in [0.2, 0.25) is 5.88 Å². The summed E-state index contributed by atoms with van der Waals surface area (Å²) in [6, 6.07) is 5.49. The third-order valence-electron chi connectivity index (χ3n) is 2.83. The Morgan fingerprint density at radius 2 is 2.18 bits per heavy atom. The SMILES string of the molecule is C=C/C(C=O)=C\C=C(/C)NSc1cccc2c(O)ncnc12. The van der Waals surface area contributed by atoms with Gasteiger partial charge in [-0.2, -0.15) is 0 Å². The molecule has 1 aromatic carbocycles. The maximum Gasteiger partial charge on any atom is 0.221 e. The van der Waals surface area contributed by atoms with E-state index in [9.17, 15) is 9.90 Å². The van der Waals surface area contributed by atoms with Crippen molar-refractivity contribution in [3.63, 3.8) is 0 Å². The second-order valence-corrected chi connectivity index (χ2v) is 5.24. The third-order valence-corrected chi connectivity index (χ3v) is 3.80. The first-order valence-corrected chi connectivity index (χ1v) is 7.29. The van der Waals surface area contributed by atoms with E-state index in [4.69, 9.17) is 0 Å². The monoisotopic (exact) mass is 313 g/mol. The van der Waals surface area contributed by atoms with Crippen molar-refractivity contribution in [1.29, 1.82) is 0 Å². The van der Waals surface area contributed by atoms with Crippen molar-refractivity contribution >= 4 is 29.1 Å². The molecule has 0 aliphatic rings. The van der Waals surface area contributed by atoms with Gasteiger partial charge in [-0.15, -0.1) is 0 Å². The lowest BCUT2D eigenvalue weighted by Crippen LogP contribution is -1.99. The molecule has 0 radical (unpaired) electrons. The number of fused-ring (bicyclic) bond motifs is 1. The average molecular weight is 313 g/mol. The molecule has 0 amide bonds. The molecule has 5 nitrogen and oxygen atoms in total. The number of nitrogens with zero attached hydrogens (tertiary/aromatic N) is 2. The second kappa shape index (κ2) is 7.42. The van der Waals surface area contributed by atoms with E-state index in [1.165, 1.54) is 24.4 Å². The standard InChI is InChI=1S/C16H15N3O2S/c1-3-12(9-20)8-7-11(2)19-22-14-6-4-5-13-15(14)17-10-18-16(13)21/h3-10,19H,1H2,2H3,(H,17,18,21)/b11-7+,12-8+. The van der Waals surface area contributed by atoms with Gasteiger partial charge in [-0.3, -0.25) is 4.79 Å². The van der Waals surface area contributed by atoms with Crippen molar-refractivity contribution in [3.05, 3.63) is 60.6 Å². The first-order chi connectivity index (χ1) is 10.7. The number of rotatable bonds is 6. The van der Waals surface area contributed by atoms with Crippen molar-refractivity contribution in [2.75, 3.05) is 0 Å². The molecule has 2 rings (SSSR count). The molecule has 0 saturated heterocycles. The third kappa shape index (κ3) is 3.73. The van der Waals surface area contributed by atoms with Crippen LogP contribution in [0.2, 0.25) is 0 Å². The Labute approximate surface area is 132 Å². The number of carbonyl (C=O) groups excluding carboxylic acids is 1. The average Bonchev–Trinajstić information content (AvgIpc) is 2.54. The minimum Gasteiger partial charge on any atom is -0.493 e. The number of para-hydroxylation sites is 1. The summed E-state index contributed by atoms with van der Waals surface area (Å²) in [6.45, 7) is 5.44. The molecule has 0 fully saturated rings. The summed E-state index contributed by atoms with van der Waals surface area (Å²) in [5.41, 5.74) is 2.05. The number of aromatic nitrogens is 2. The van der Waals surface area contributed by atoms with Crippen LogP contribution in [0.5, 0.6) is 5.88 Å². The zero-order valence-corrected chi connectivity index (χ0v) is 12.8. The van der Waals surface area contributed by atoms with Crippen molar-refractivity contribution in [1.82, 2.24) is 14.7 Å². The summed E-state index contributed by atoms with van der Waals surface area (Å²) in [6.07, 6.45) is 7.03. The first-order valence-electron chi connectivity index (χ1n) is 6.47. The van der Waals surface area contributed by atoms with Crippen LogP contribution in [0.4, 0.5) is 0 Å². The van der Waals surface area contributed by atoms with E-state index in [1.807, 2.05) is 19.1 Å². The summed E-state index contributed by atoms with van der Waals surface area (Å²) in [7, 11) is 0. The van der Waals surface area contributed by atoms with Crippen LogP contribution in [0.25, 0.3) is 10.9 Å². The van der Waals surface area contributed by atoms with Crippen molar-refractivity contribution in [2.24, 2.45) is 0 Å². The van der Waals surface area contributed by atoms with Gasteiger partial charge < -0.3 is 9.83 Å². The van der Waals surface area contributed by atoms with E-state index >= 15 is 0 Å². The highest BCUT2D eigenvalue weighted by molar-refractivity contribution is 7.97. The Morgan fingerprint density at radius 1 is 1.36 bits per heavy atom. The van der Waals surface area contributed by atoms with Gasteiger partial charge in [-0.25, -0.2) is 9.97 Å². The van der Waals surface area contributed by atoms with Crippen molar-refractivity contribution in [3.8, 4) is 5.88 Å². The van der Waals surface area contributed by atoms with Crippen LogP contribution >= 0.6 is 11.9 Å². The lowest BCUT2D eigenvalue weighted by atomic mass is 10.2. The van der Waals surface area contributed by atoms with Gasteiger partial charge in [0.15, 0.2) is 0 Å². The molecule has 22 heavy (non-hydrogen) atoms. The summed E-state index contributed by atoms with van der Waals surface area (Å²) >= 11 is 1.37. The predicted octanol–water partition coefficient (Wildman–Crippen LogP) is 3.15. The number of benzene rings is 1. The molecule has 112 valence electrons. The van der Waals surface area contributed by atoms with Crippen LogP contribution in [0.15, 0.2) is 65.5 Å². The van der Waals surface area contributed by atoms with Gasteiger partial charge >= 0.3 is 0 Å². The smallest absolute Gasteiger partial charge is 0.221 e. The molecular weight excluding hydrogens is 298 g/mol. The van der Waals surface area contributed by atoms with E-state index in [2.05, 4.69) is 21.3 Å².